The Morgan fingerprint density at radius 3 is 2.84 bits per heavy atom. The van der Waals surface area contributed by atoms with Crippen LogP contribution in [0.4, 0.5) is 10.2 Å². The number of halogens is 1. The molecule has 0 fully saturated rings. The van der Waals surface area contributed by atoms with Crippen molar-refractivity contribution < 1.29 is 9.13 Å². The lowest BCUT2D eigenvalue weighted by Crippen LogP contribution is -2.05. The smallest absolute Gasteiger partial charge is 0.216 e. The van der Waals surface area contributed by atoms with E-state index in [2.05, 4.69) is 15.4 Å². The highest BCUT2D eigenvalue weighted by Crippen LogP contribution is 2.22. The first kappa shape index (κ1) is 13.3. The largest absolute Gasteiger partial charge is 0.481 e. The molecule has 0 bridgehead atoms. The van der Waals surface area contributed by atoms with E-state index < -0.39 is 5.95 Å². The van der Waals surface area contributed by atoms with Crippen LogP contribution in [0.1, 0.15) is 18.2 Å². The molecule has 6 heteroatoms. The van der Waals surface area contributed by atoms with Gasteiger partial charge < -0.3 is 10.1 Å². The molecule has 1 N–H and O–H groups in total. The number of methoxy groups -OCH3 is 1. The highest BCUT2D eigenvalue weighted by atomic mass is 19.1. The van der Waals surface area contributed by atoms with Gasteiger partial charge in [0.15, 0.2) is 0 Å². The summed E-state index contributed by atoms with van der Waals surface area (Å²) in [6.45, 7) is 2.53. The van der Waals surface area contributed by atoms with Crippen molar-refractivity contribution in [2.24, 2.45) is 7.05 Å². The molecule has 5 nitrogen and oxygen atoms in total. The first-order valence-corrected chi connectivity index (χ1v) is 6.10. The molecule has 2 aromatic rings. The number of aryl methyl sites for hydroxylation is 2. The number of hydrogen-bond donors (Lipinski definition) is 1. The Kier molecular flexibility index (Phi) is 3.99. The van der Waals surface area contributed by atoms with Crippen LogP contribution in [0.2, 0.25) is 0 Å². The Labute approximate surface area is 111 Å². The topological polar surface area (TPSA) is 52.0 Å². The Morgan fingerprint density at radius 2 is 2.21 bits per heavy atom. The van der Waals surface area contributed by atoms with Crippen LogP contribution in [-0.2, 0) is 20.0 Å². The first-order valence-electron chi connectivity index (χ1n) is 6.10. The van der Waals surface area contributed by atoms with E-state index in [0.717, 1.165) is 17.7 Å². The second-order valence-corrected chi connectivity index (χ2v) is 4.11. The molecule has 0 saturated carbocycles. The number of anilines is 1. The second kappa shape index (κ2) is 5.69. The summed E-state index contributed by atoms with van der Waals surface area (Å²) in [7, 11) is 3.45. The number of ether oxygens (including phenoxy) is 1. The molecule has 0 atom stereocenters. The minimum Gasteiger partial charge on any atom is -0.481 e. The summed E-state index contributed by atoms with van der Waals surface area (Å²) in [6, 6.07) is 4.65. The van der Waals surface area contributed by atoms with Crippen molar-refractivity contribution in [3.8, 4) is 5.88 Å². The van der Waals surface area contributed by atoms with E-state index in [9.17, 15) is 4.39 Å². The fourth-order valence-corrected chi connectivity index (χ4v) is 2.01. The lowest BCUT2D eigenvalue weighted by atomic mass is 10.2. The molecule has 0 aliphatic carbocycles. The predicted molar refractivity (Wildman–Crippen MR) is 70.7 cm³/mol. The fourth-order valence-electron chi connectivity index (χ4n) is 2.01. The van der Waals surface area contributed by atoms with E-state index in [1.807, 2.05) is 14.0 Å². The first-order chi connectivity index (χ1) is 9.15. The molecule has 102 valence electrons. The summed E-state index contributed by atoms with van der Waals surface area (Å²) in [5.41, 5.74) is 1.93. The predicted octanol–water partition coefficient (Wildman–Crippen LogP) is 2.14. The van der Waals surface area contributed by atoms with Gasteiger partial charge in [-0.3, -0.25) is 0 Å². The van der Waals surface area contributed by atoms with Crippen molar-refractivity contribution in [3.63, 3.8) is 0 Å². The van der Waals surface area contributed by atoms with Gasteiger partial charge in [0.05, 0.1) is 18.4 Å². The SMILES string of the molecule is CCc1nn(C)c(OC)c1CNc1cccc(F)n1. The lowest BCUT2D eigenvalue weighted by Gasteiger charge is -2.07. The number of pyridine rings is 1. The molecule has 0 aromatic carbocycles. The highest BCUT2D eigenvalue weighted by molar-refractivity contribution is 5.39. The lowest BCUT2D eigenvalue weighted by molar-refractivity contribution is 0.369. The molecular weight excluding hydrogens is 247 g/mol. The van der Waals surface area contributed by atoms with Gasteiger partial charge in [0, 0.05) is 13.6 Å². The van der Waals surface area contributed by atoms with Crippen LogP contribution in [0.3, 0.4) is 0 Å². The average Bonchev–Trinajstić information content (AvgIpc) is 2.71. The van der Waals surface area contributed by atoms with E-state index in [4.69, 9.17) is 4.74 Å². The molecule has 0 saturated heterocycles. The summed E-state index contributed by atoms with van der Waals surface area (Å²) >= 11 is 0. The van der Waals surface area contributed by atoms with E-state index in [1.54, 1.807) is 23.9 Å². The van der Waals surface area contributed by atoms with Crippen LogP contribution in [-0.4, -0.2) is 21.9 Å². The summed E-state index contributed by atoms with van der Waals surface area (Å²) in [6.07, 6.45) is 0.810. The number of hydrogen-bond acceptors (Lipinski definition) is 4. The van der Waals surface area contributed by atoms with E-state index in [0.29, 0.717) is 18.2 Å². The summed E-state index contributed by atoms with van der Waals surface area (Å²) in [5.74, 6) is 0.701. The highest BCUT2D eigenvalue weighted by Gasteiger charge is 2.15. The Morgan fingerprint density at radius 1 is 1.42 bits per heavy atom. The third-order valence-electron chi connectivity index (χ3n) is 2.86. The van der Waals surface area contributed by atoms with Crippen molar-refractivity contribution in [1.82, 2.24) is 14.8 Å². The number of nitrogens with one attached hydrogen (secondary N) is 1. The standard InChI is InChI=1S/C13H17FN4O/c1-4-10-9(13(19-3)18(2)17-10)8-15-12-7-5-6-11(14)16-12/h5-7H,4,8H2,1-3H3,(H,15,16). The monoisotopic (exact) mass is 264 g/mol. The van der Waals surface area contributed by atoms with Crippen LogP contribution < -0.4 is 10.1 Å². The maximum absolute atomic E-state index is 13.0. The Bertz CT molecular complexity index is 568. The van der Waals surface area contributed by atoms with Gasteiger partial charge in [-0.1, -0.05) is 13.0 Å². The molecule has 0 spiro atoms. The maximum atomic E-state index is 13.0. The minimum atomic E-state index is -0.501. The summed E-state index contributed by atoms with van der Waals surface area (Å²) in [4.78, 5) is 3.76. The molecule has 2 heterocycles. The molecule has 0 aliphatic rings. The van der Waals surface area contributed by atoms with E-state index >= 15 is 0 Å². The van der Waals surface area contributed by atoms with E-state index in [-0.39, 0.29) is 0 Å². The van der Waals surface area contributed by atoms with Crippen molar-refractivity contribution in [1.29, 1.82) is 0 Å². The van der Waals surface area contributed by atoms with Crippen molar-refractivity contribution in [2.45, 2.75) is 19.9 Å². The van der Waals surface area contributed by atoms with Crippen LogP contribution in [0, 0.1) is 5.95 Å². The Balaban J connectivity index is 2.19. The summed E-state index contributed by atoms with van der Waals surface area (Å²) in [5, 5.41) is 7.47. The third-order valence-corrected chi connectivity index (χ3v) is 2.86. The van der Waals surface area contributed by atoms with Gasteiger partial charge in [-0.25, -0.2) is 9.67 Å². The zero-order valence-electron chi connectivity index (χ0n) is 11.3. The van der Waals surface area contributed by atoms with Crippen molar-refractivity contribution in [3.05, 3.63) is 35.4 Å². The number of rotatable bonds is 5. The van der Waals surface area contributed by atoms with Gasteiger partial charge >= 0.3 is 0 Å². The fraction of sp³-hybridized carbons (Fsp3) is 0.385. The average molecular weight is 264 g/mol. The van der Waals surface area contributed by atoms with Gasteiger partial charge in [0.25, 0.3) is 0 Å². The van der Waals surface area contributed by atoms with Crippen LogP contribution >= 0.6 is 0 Å². The van der Waals surface area contributed by atoms with Gasteiger partial charge in [-0.05, 0) is 18.6 Å². The number of aromatic nitrogens is 3. The van der Waals surface area contributed by atoms with Crippen LogP contribution in [0.15, 0.2) is 18.2 Å². The second-order valence-electron chi connectivity index (χ2n) is 4.11. The van der Waals surface area contributed by atoms with Gasteiger partial charge in [-0.2, -0.15) is 9.49 Å². The van der Waals surface area contributed by atoms with Gasteiger partial charge in [0.2, 0.25) is 11.8 Å². The van der Waals surface area contributed by atoms with Crippen molar-refractivity contribution in [2.75, 3.05) is 12.4 Å². The zero-order valence-corrected chi connectivity index (χ0v) is 11.3. The molecule has 2 aromatic heterocycles. The zero-order chi connectivity index (χ0) is 13.8. The van der Waals surface area contributed by atoms with Crippen LogP contribution in [0.25, 0.3) is 0 Å². The van der Waals surface area contributed by atoms with E-state index in [1.165, 1.54) is 6.07 Å². The van der Waals surface area contributed by atoms with Gasteiger partial charge in [-0.15, -0.1) is 0 Å². The maximum Gasteiger partial charge on any atom is 0.216 e. The molecule has 0 unspecified atom stereocenters. The molecular formula is C13H17FN4O. The van der Waals surface area contributed by atoms with Crippen LogP contribution in [0.5, 0.6) is 5.88 Å². The Hall–Kier alpha value is -2.11. The quantitative estimate of drug-likeness (QED) is 0.841. The normalized spacial score (nSPS) is 10.5. The molecule has 0 radical (unpaired) electrons. The summed E-state index contributed by atoms with van der Waals surface area (Å²) < 4.78 is 20.0. The third kappa shape index (κ3) is 2.83. The van der Waals surface area contributed by atoms with Gasteiger partial charge in [0.1, 0.15) is 5.82 Å². The minimum absolute atomic E-state index is 0.493. The molecule has 0 aliphatic heterocycles. The number of nitrogens with zero attached hydrogens (tertiary/aromatic N) is 3. The van der Waals surface area contributed by atoms with Crippen molar-refractivity contribution >= 4 is 5.82 Å². The molecule has 0 amide bonds. The molecule has 19 heavy (non-hydrogen) atoms. The molecule has 2 rings (SSSR count).